The Morgan fingerprint density at radius 1 is 1.21 bits per heavy atom. The molecule has 0 aliphatic rings. The quantitative estimate of drug-likeness (QED) is 0.770. The molecule has 3 nitrogen and oxygen atoms in total. The minimum Gasteiger partial charge on any atom is -0.338 e. The van der Waals surface area contributed by atoms with Crippen molar-refractivity contribution in [3.8, 4) is 0 Å². The van der Waals surface area contributed by atoms with Crippen LogP contribution in [0.3, 0.4) is 0 Å². The molecule has 2 rings (SSSR count). The maximum absolute atomic E-state index is 6.11. The fourth-order valence-electron chi connectivity index (χ4n) is 1.58. The molecule has 0 unspecified atom stereocenters. The van der Waals surface area contributed by atoms with Crippen molar-refractivity contribution in [1.82, 2.24) is 10.1 Å². The summed E-state index contributed by atoms with van der Waals surface area (Å²) in [5, 5.41) is 5.30. The molecule has 19 heavy (non-hydrogen) atoms. The molecule has 2 aromatic rings. The average molecular weight is 317 g/mol. The molecule has 0 aliphatic carbocycles. The first kappa shape index (κ1) is 14.7. The summed E-state index contributed by atoms with van der Waals surface area (Å²) in [7, 11) is 0. The van der Waals surface area contributed by atoms with E-state index < -0.39 is 0 Å². The first-order chi connectivity index (χ1) is 9.20. The Morgan fingerprint density at radius 3 is 2.63 bits per heavy atom. The Morgan fingerprint density at radius 2 is 1.95 bits per heavy atom. The minimum absolute atomic E-state index is 0.650. The third kappa shape index (κ3) is 4.13. The summed E-state index contributed by atoms with van der Waals surface area (Å²) < 4.78 is 5.17. The highest BCUT2D eigenvalue weighted by Crippen LogP contribution is 2.29. The van der Waals surface area contributed by atoms with Crippen molar-refractivity contribution in [3.63, 3.8) is 0 Å². The summed E-state index contributed by atoms with van der Waals surface area (Å²) in [6, 6.07) is 5.53. The number of aromatic nitrogens is 2. The normalized spacial score (nSPS) is 10.9. The molecule has 0 saturated carbocycles. The molecular formula is C13H14Cl2N2OS. The van der Waals surface area contributed by atoms with Gasteiger partial charge in [0.2, 0.25) is 5.89 Å². The van der Waals surface area contributed by atoms with Crippen molar-refractivity contribution in [1.29, 1.82) is 0 Å². The van der Waals surface area contributed by atoms with E-state index in [0.29, 0.717) is 21.7 Å². The molecule has 1 aromatic heterocycles. The summed E-state index contributed by atoms with van der Waals surface area (Å²) in [4.78, 5) is 4.31. The van der Waals surface area contributed by atoms with Crippen molar-refractivity contribution < 1.29 is 4.52 Å². The van der Waals surface area contributed by atoms with Crippen molar-refractivity contribution in [3.05, 3.63) is 45.5 Å². The zero-order valence-electron chi connectivity index (χ0n) is 10.5. The highest BCUT2D eigenvalue weighted by atomic mass is 35.5. The lowest BCUT2D eigenvalue weighted by atomic mass is 10.2. The van der Waals surface area contributed by atoms with Crippen molar-refractivity contribution in [2.75, 3.05) is 0 Å². The van der Waals surface area contributed by atoms with Gasteiger partial charge in [-0.05, 0) is 24.1 Å². The van der Waals surface area contributed by atoms with Gasteiger partial charge in [-0.3, -0.25) is 0 Å². The number of benzene rings is 1. The maximum Gasteiger partial charge on any atom is 0.236 e. The molecule has 0 fully saturated rings. The molecule has 0 atom stereocenters. The molecule has 1 aromatic carbocycles. The number of nitrogens with zero attached hydrogens (tertiary/aromatic N) is 2. The molecule has 0 N–H and O–H groups in total. The van der Waals surface area contributed by atoms with Gasteiger partial charge < -0.3 is 4.52 Å². The SMILES string of the molecule is CCCc1noc(CSCc2c(Cl)cccc2Cl)n1. The highest BCUT2D eigenvalue weighted by Gasteiger charge is 2.08. The van der Waals surface area contributed by atoms with Crippen LogP contribution in [-0.4, -0.2) is 10.1 Å². The van der Waals surface area contributed by atoms with Crippen molar-refractivity contribution in [2.24, 2.45) is 0 Å². The van der Waals surface area contributed by atoms with Gasteiger partial charge in [-0.15, -0.1) is 11.8 Å². The lowest BCUT2D eigenvalue weighted by Gasteiger charge is -2.05. The third-order valence-electron chi connectivity index (χ3n) is 2.52. The summed E-state index contributed by atoms with van der Waals surface area (Å²) in [6.07, 6.45) is 1.87. The van der Waals surface area contributed by atoms with Gasteiger partial charge >= 0.3 is 0 Å². The minimum atomic E-state index is 0.650. The molecule has 0 aliphatic heterocycles. The lowest BCUT2D eigenvalue weighted by Crippen LogP contribution is -1.88. The molecule has 0 bridgehead atoms. The Hall–Kier alpha value is -0.710. The number of thioether (sulfide) groups is 1. The standard InChI is InChI=1S/C13H14Cl2N2OS/c1-2-4-12-16-13(18-17-12)8-19-7-9-10(14)5-3-6-11(9)15/h3,5-6H,2,4,7-8H2,1H3. The van der Waals surface area contributed by atoms with Crippen LogP contribution in [-0.2, 0) is 17.9 Å². The van der Waals surface area contributed by atoms with Gasteiger partial charge in [0, 0.05) is 22.2 Å². The first-order valence-electron chi connectivity index (χ1n) is 6.02. The van der Waals surface area contributed by atoms with Gasteiger partial charge in [0.15, 0.2) is 5.82 Å². The maximum atomic E-state index is 6.11. The van der Waals surface area contributed by atoms with Gasteiger partial charge in [-0.25, -0.2) is 0 Å². The second kappa shape index (κ2) is 7.17. The molecule has 0 saturated heterocycles. The molecule has 0 amide bonds. The topological polar surface area (TPSA) is 38.9 Å². The van der Waals surface area contributed by atoms with Gasteiger partial charge in [0.1, 0.15) is 0 Å². The number of hydrogen-bond acceptors (Lipinski definition) is 4. The Labute approximate surface area is 126 Å². The van der Waals surface area contributed by atoms with E-state index in [2.05, 4.69) is 17.1 Å². The Balaban J connectivity index is 1.89. The van der Waals surface area contributed by atoms with E-state index >= 15 is 0 Å². The van der Waals surface area contributed by atoms with Crippen LogP contribution in [0, 0.1) is 0 Å². The van der Waals surface area contributed by atoms with Crippen LogP contribution in [0.4, 0.5) is 0 Å². The van der Waals surface area contributed by atoms with E-state index in [4.69, 9.17) is 27.7 Å². The fraction of sp³-hybridized carbons (Fsp3) is 0.385. The molecule has 102 valence electrons. The Bertz CT molecular complexity index is 525. The molecule has 0 spiro atoms. The van der Waals surface area contributed by atoms with Gasteiger partial charge in [0.25, 0.3) is 0 Å². The lowest BCUT2D eigenvalue weighted by molar-refractivity contribution is 0.384. The van der Waals surface area contributed by atoms with Crippen LogP contribution in [0.15, 0.2) is 22.7 Å². The zero-order chi connectivity index (χ0) is 13.7. The Kier molecular flexibility index (Phi) is 5.55. The summed E-state index contributed by atoms with van der Waals surface area (Å²) >= 11 is 13.9. The van der Waals surface area contributed by atoms with E-state index in [1.165, 1.54) is 0 Å². The number of halogens is 2. The summed E-state index contributed by atoms with van der Waals surface area (Å²) in [6.45, 7) is 2.09. The average Bonchev–Trinajstić information content (AvgIpc) is 2.81. The zero-order valence-corrected chi connectivity index (χ0v) is 12.9. The summed E-state index contributed by atoms with van der Waals surface area (Å²) in [5.41, 5.74) is 0.948. The number of rotatable bonds is 6. The molecule has 1 heterocycles. The third-order valence-corrected chi connectivity index (χ3v) is 4.17. The van der Waals surface area contributed by atoms with Crippen LogP contribution in [0.2, 0.25) is 10.0 Å². The van der Waals surface area contributed by atoms with Gasteiger partial charge in [0.05, 0.1) is 5.75 Å². The van der Waals surface area contributed by atoms with Crippen molar-refractivity contribution >= 4 is 35.0 Å². The molecular weight excluding hydrogens is 303 g/mol. The predicted molar refractivity (Wildman–Crippen MR) is 79.8 cm³/mol. The van der Waals surface area contributed by atoms with E-state index in [9.17, 15) is 0 Å². The van der Waals surface area contributed by atoms with Gasteiger partial charge in [-0.1, -0.05) is 41.3 Å². The predicted octanol–water partition coefficient (Wildman–Crippen LogP) is 4.76. The molecule has 0 radical (unpaired) electrons. The van der Waals surface area contributed by atoms with Crippen molar-refractivity contribution in [2.45, 2.75) is 31.3 Å². The largest absolute Gasteiger partial charge is 0.338 e. The van der Waals surface area contributed by atoms with Crippen LogP contribution < -0.4 is 0 Å². The second-order valence-corrected chi connectivity index (χ2v) is 5.85. The fourth-order valence-corrected chi connectivity index (χ4v) is 3.18. The smallest absolute Gasteiger partial charge is 0.236 e. The van der Waals surface area contributed by atoms with E-state index in [1.54, 1.807) is 11.8 Å². The van der Waals surface area contributed by atoms with Crippen LogP contribution >= 0.6 is 35.0 Å². The van der Waals surface area contributed by atoms with E-state index in [0.717, 1.165) is 30.0 Å². The van der Waals surface area contributed by atoms with Gasteiger partial charge in [-0.2, -0.15) is 4.98 Å². The highest BCUT2D eigenvalue weighted by molar-refractivity contribution is 7.97. The van der Waals surface area contributed by atoms with Crippen LogP contribution in [0.1, 0.15) is 30.6 Å². The van der Waals surface area contributed by atoms with Crippen LogP contribution in [0.5, 0.6) is 0 Å². The molecule has 6 heteroatoms. The van der Waals surface area contributed by atoms with E-state index in [1.807, 2.05) is 18.2 Å². The monoisotopic (exact) mass is 316 g/mol. The van der Waals surface area contributed by atoms with E-state index in [-0.39, 0.29) is 0 Å². The van der Waals surface area contributed by atoms with Crippen LogP contribution in [0.25, 0.3) is 0 Å². The first-order valence-corrected chi connectivity index (χ1v) is 7.94. The number of hydrogen-bond donors (Lipinski definition) is 0. The number of aryl methyl sites for hydroxylation is 1. The summed E-state index contributed by atoms with van der Waals surface area (Å²) in [5.74, 6) is 2.81. The second-order valence-electron chi connectivity index (χ2n) is 4.05.